The van der Waals surface area contributed by atoms with Crippen LogP contribution in [0, 0.1) is 6.92 Å². The second-order valence-electron chi connectivity index (χ2n) is 5.71. The van der Waals surface area contributed by atoms with Gasteiger partial charge in [-0.05, 0) is 18.6 Å². The van der Waals surface area contributed by atoms with Crippen molar-refractivity contribution in [1.29, 1.82) is 0 Å². The van der Waals surface area contributed by atoms with Crippen LogP contribution in [0.1, 0.15) is 27.0 Å². The molecule has 2 aromatic rings. The van der Waals surface area contributed by atoms with Gasteiger partial charge in [0.2, 0.25) is 11.5 Å². The van der Waals surface area contributed by atoms with Crippen molar-refractivity contribution in [2.75, 3.05) is 35.5 Å². The lowest BCUT2D eigenvalue weighted by atomic mass is 9.94. The smallest absolute Gasteiger partial charge is 0.339 e. The number of hydrogen-bond acceptors (Lipinski definition) is 6. The summed E-state index contributed by atoms with van der Waals surface area (Å²) >= 11 is 0. The number of aromatic carboxylic acids is 1. The average molecular weight is 376 g/mol. The molecule has 0 heterocycles. The molecule has 0 amide bonds. The van der Waals surface area contributed by atoms with Crippen LogP contribution in [0.15, 0.2) is 18.2 Å². The molecule has 7 nitrogen and oxygen atoms in total. The van der Waals surface area contributed by atoms with Crippen molar-refractivity contribution in [3.05, 3.63) is 40.5 Å². The Morgan fingerprint density at radius 3 is 1.89 bits per heavy atom. The fourth-order valence-electron chi connectivity index (χ4n) is 3.19. The number of benzene rings is 2. The summed E-state index contributed by atoms with van der Waals surface area (Å²) in [5.41, 5.74) is 2.20. The number of ether oxygens (including phenoxy) is 5. The van der Waals surface area contributed by atoms with E-state index in [0.717, 1.165) is 11.1 Å². The molecule has 0 bridgehead atoms. The van der Waals surface area contributed by atoms with Crippen LogP contribution < -0.4 is 23.7 Å². The van der Waals surface area contributed by atoms with Crippen LogP contribution >= 0.6 is 0 Å². The summed E-state index contributed by atoms with van der Waals surface area (Å²) in [4.78, 5) is 11.8. The molecule has 2 aromatic carbocycles. The van der Waals surface area contributed by atoms with Crippen molar-refractivity contribution in [2.24, 2.45) is 0 Å². The van der Waals surface area contributed by atoms with E-state index in [1.165, 1.54) is 35.5 Å². The molecule has 0 aromatic heterocycles. The number of carboxylic acids is 1. The van der Waals surface area contributed by atoms with E-state index in [1.807, 2.05) is 6.92 Å². The lowest BCUT2D eigenvalue weighted by molar-refractivity contribution is 0.0692. The van der Waals surface area contributed by atoms with E-state index in [0.29, 0.717) is 34.3 Å². The highest BCUT2D eigenvalue weighted by atomic mass is 16.5. The van der Waals surface area contributed by atoms with Crippen molar-refractivity contribution < 1.29 is 33.6 Å². The van der Waals surface area contributed by atoms with Crippen LogP contribution in [-0.4, -0.2) is 46.6 Å². The monoisotopic (exact) mass is 376 g/mol. The molecule has 0 aliphatic carbocycles. The van der Waals surface area contributed by atoms with E-state index in [2.05, 4.69) is 0 Å². The molecule has 0 atom stereocenters. The largest absolute Gasteiger partial charge is 0.496 e. The zero-order valence-electron chi connectivity index (χ0n) is 16.3. The summed E-state index contributed by atoms with van der Waals surface area (Å²) in [6.07, 6.45) is 0.282. The molecule has 1 N–H and O–H groups in total. The van der Waals surface area contributed by atoms with Gasteiger partial charge in [0.15, 0.2) is 11.5 Å². The zero-order chi connectivity index (χ0) is 20.1. The fraction of sp³-hybridized carbons (Fsp3) is 0.350. The molecule has 0 aliphatic heterocycles. The Bertz CT molecular complexity index is 843. The molecular weight excluding hydrogens is 352 g/mol. The first-order valence-electron chi connectivity index (χ1n) is 8.19. The SMILES string of the molecule is COc1cccc(Cc2c(C)c(OC)c(OC)c(OC)c2OC)c1C(=O)O. The molecule has 146 valence electrons. The van der Waals surface area contributed by atoms with Gasteiger partial charge in [-0.15, -0.1) is 0 Å². The summed E-state index contributed by atoms with van der Waals surface area (Å²) in [5, 5.41) is 9.65. The van der Waals surface area contributed by atoms with E-state index in [-0.39, 0.29) is 12.0 Å². The number of rotatable bonds is 8. The number of methoxy groups -OCH3 is 5. The third kappa shape index (κ3) is 3.58. The van der Waals surface area contributed by atoms with Gasteiger partial charge in [-0.3, -0.25) is 0 Å². The van der Waals surface area contributed by atoms with Gasteiger partial charge >= 0.3 is 5.97 Å². The lowest BCUT2D eigenvalue weighted by Crippen LogP contribution is -2.09. The Morgan fingerprint density at radius 2 is 1.41 bits per heavy atom. The second-order valence-corrected chi connectivity index (χ2v) is 5.71. The molecule has 0 saturated carbocycles. The van der Waals surface area contributed by atoms with Crippen molar-refractivity contribution in [1.82, 2.24) is 0 Å². The Labute approximate surface area is 158 Å². The Kier molecular flexibility index (Phi) is 6.39. The van der Waals surface area contributed by atoms with Crippen LogP contribution in [0.2, 0.25) is 0 Å². The summed E-state index contributed by atoms with van der Waals surface area (Å²) in [5.74, 6) is 1.01. The molecule has 27 heavy (non-hydrogen) atoms. The highest BCUT2D eigenvalue weighted by Crippen LogP contribution is 2.50. The third-order valence-electron chi connectivity index (χ3n) is 4.42. The van der Waals surface area contributed by atoms with Crippen LogP contribution in [0.3, 0.4) is 0 Å². The van der Waals surface area contributed by atoms with Crippen LogP contribution in [0.5, 0.6) is 28.7 Å². The second kappa shape index (κ2) is 8.53. The highest BCUT2D eigenvalue weighted by molar-refractivity contribution is 5.93. The zero-order valence-corrected chi connectivity index (χ0v) is 16.3. The van der Waals surface area contributed by atoms with E-state index in [1.54, 1.807) is 18.2 Å². The van der Waals surface area contributed by atoms with Crippen molar-refractivity contribution in [2.45, 2.75) is 13.3 Å². The van der Waals surface area contributed by atoms with Crippen molar-refractivity contribution in [3.63, 3.8) is 0 Å². The van der Waals surface area contributed by atoms with E-state index in [4.69, 9.17) is 23.7 Å². The predicted molar refractivity (Wildman–Crippen MR) is 100 cm³/mol. The summed E-state index contributed by atoms with van der Waals surface area (Å²) in [7, 11) is 7.53. The molecule has 2 rings (SSSR count). The van der Waals surface area contributed by atoms with Gasteiger partial charge in [0.1, 0.15) is 11.3 Å². The van der Waals surface area contributed by atoms with Gasteiger partial charge in [0.05, 0.1) is 35.5 Å². The van der Waals surface area contributed by atoms with Gasteiger partial charge in [-0.2, -0.15) is 0 Å². The first-order valence-corrected chi connectivity index (χ1v) is 8.19. The van der Waals surface area contributed by atoms with Crippen molar-refractivity contribution in [3.8, 4) is 28.7 Å². The predicted octanol–water partition coefficient (Wildman–Crippen LogP) is 3.33. The van der Waals surface area contributed by atoms with Gasteiger partial charge in [0, 0.05) is 17.5 Å². The Morgan fingerprint density at radius 1 is 0.852 bits per heavy atom. The molecule has 7 heteroatoms. The average Bonchev–Trinajstić information content (AvgIpc) is 2.67. The van der Waals surface area contributed by atoms with Crippen LogP contribution in [0.25, 0.3) is 0 Å². The van der Waals surface area contributed by atoms with Gasteiger partial charge < -0.3 is 28.8 Å². The van der Waals surface area contributed by atoms with E-state index >= 15 is 0 Å². The first-order chi connectivity index (χ1) is 12.9. The van der Waals surface area contributed by atoms with Gasteiger partial charge in [-0.25, -0.2) is 4.79 Å². The maximum absolute atomic E-state index is 11.8. The molecule has 0 fully saturated rings. The molecule has 0 spiro atoms. The minimum absolute atomic E-state index is 0.107. The maximum atomic E-state index is 11.8. The number of carboxylic acid groups (broad SMARTS) is 1. The molecular formula is C20H24O7. The Hall–Kier alpha value is -3.09. The lowest BCUT2D eigenvalue weighted by Gasteiger charge is -2.22. The normalized spacial score (nSPS) is 10.3. The van der Waals surface area contributed by atoms with E-state index in [9.17, 15) is 9.90 Å². The number of carbonyl (C=O) groups is 1. The highest BCUT2D eigenvalue weighted by Gasteiger charge is 2.27. The molecule has 0 aliphatic rings. The quantitative estimate of drug-likeness (QED) is 0.756. The Balaban J connectivity index is 2.76. The first kappa shape index (κ1) is 20.2. The van der Waals surface area contributed by atoms with E-state index < -0.39 is 5.97 Å². The standard InChI is InChI=1S/C20H24O7/c1-11-13(10-12-8-7-9-14(23-2)15(12)20(21)22)17(25-4)19(27-6)18(26-5)16(11)24-3/h7-9H,10H2,1-6H3,(H,21,22). The maximum Gasteiger partial charge on any atom is 0.339 e. The molecule has 0 unspecified atom stereocenters. The summed E-state index contributed by atoms with van der Waals surface area (Å²) in [6, 6.07) is 5.11. The molecule has 0 saturated heterocycles. The minimum atomic E-state index is -1.06. The van der Waals surface area contributed by atoms with Gasteiger partial charge in [0.25, 0.3) is 0 Å². The van der Waals surface area contributed by atoms with Crippen LogP contribution in [-0.2, 0) is 6.42 Å². The topological polar surface area (TPSA) is 83.5 Å². The fourth-order valence-corrected chi connectivity index (χ4v) is 3.19. The van der Waals surface area contributed by atoms with Gasteiger partial charge in [-0.1, -0.05) is 12.1 Å². The van der Waals surface area contributed by atoms with Crippen molar-refractivity contribution >= 4 is 5.97 Å². The summed E-state index contributed by atoms with van der Waals surface area (Å²) < 4.78 is 27.2. The number of hydrogen-bond donors (Lipinski definition) is 1. The van der Waals surface area contributed by atoms with Crippen LogP contribution in [0.4, 0.5) is 0 Å². The minimum Gasteiger partial charge on any atom is -0.496 e. The third-order valence-corrected chi connectivity index (χ3v) is 4.42. The molecule has 0 radical (unpaired) electrons. The summed E-state index contributed by atoms with van der Waals surface area (Å²) in [6.45, 7) is 1.86.